The molecular formula is C49H56N7O8P. The fourth-order valence-electron chi connectivity index (χ4n) is 8.27. The van der Waals surface area contributed by atoms with E-state index in [2.05, 4.69) is 48.4 Å². The van der Waals surface area contributed by atoms with Crippen molar-refractivity contribution in [2.75, 3.05) is 46.5 Å². The zero-order valence-electron chi connectivity index (χ0n) is 38.0. The molecule has 1 aliphatic heterocycles. The van der Waals surface area contributed by atoms with E-state index in [0.29, 0.717) is 34.0 Å². The number of amides is 1. The van der Waals surface area contributed by atoms with Gasteiger partial charge in [0.25, 0.3) is 14.4 Å². The fraction of sp³-hybridized carbons (Fsp3) is 0.367. The molecule has 7 rings (SSSR count). The maximum Gasteiger partial charge on any atom is 0.259 e. The first kappa shape index (κ1) is 47.2. The van der Waals surface area contributed by atoms with Gasteiger partial charge in [-0.15, -0.1) is 0 Å². The Bertz CT molecular complexity index is 2450. The molecule has 1 aliphatic rings. The molecule has 0 spiro atoms. The molecule has 0 saturated carbocycles. The smallest absolute Gasteiger partial charge is 0.259 e. The van der Waals surface area contributed by atoms with Crippen LogP contribution in [0.5, 0.6) is 11.5 Å². The quantitative estimate of drug-likeness (QED) is 0.0408. The molecule has 1 amide bonds. The monoisotopic (exact) mass is 901 g/mol. The topological polar surface area (TPSA) is 156 Å². The van der Waals surface area contributed by atoms with Gasteiger partial charge in [0, 0.05) is 31.8 Å². The molecule has 340 valence electrons. The standard InChI is InChI=1S/C49H56N7O8P/c1-33(2)56(34(3)4)65(62-29-15-28-50)64-43-41(30-61-49(36-18-13-10-14-19-36,37-20-24-39(58-6)25-21-37)38-22-26-40(59-7)27-23-38)63-48(44(43)60-8)55-32-53-42-45(51-31-52-46(42)55)54(5)47(57)35-16-11-9-12-17-35/h9-14,16-27,31-34,41,43-44,48H,15,29-30H2,1-8H3/t41-,43-,44-,48-,65?/m1/s1. The lowest BCUT2D eigenvalue weighted by Gasteiger charge is -2.39. The van der Waals surface area contributed by atoms with Crippen molar-refractivity contribution < 1.29 is 37.5 Å². The number of imidazole rings is 1. The second kappa shape index (κ2) is 21.4. The van der Waals surface area contributed by atoms with E-state index in [0.717, 1.165) is 16.7 Å². The molecule has 4 aromatic carbocycles. The Hall–Kier alpha value is -5.82. The predicted molar refractivity (Wildman–Crippen MR) is 248 cm³/mol. The van der Waals surface area contributed by atoms with Crippen LogP contribution in [0.1, 0.15) is 67.4 Å². The summed E-state index contributed by atoms with van der Waals surface area (Å²) in [5.41, 5.74) is 2.70. The Morgan fingerprint density at radius 2 is 1.40 bits per heavy atom. The van der Waals surface area contributed by atoms with Gasteiger partial charge >= 0.3 is 0 Å². The minimum Gasteiger partial charge on any atom is -0.497 e. The first-order valence-electron chi connectivity index (χ1n) is 21.5. The lowest BCUT2D eigenvalue weighted by atomic mass is 9.80. The SMILES string of the molecule is COc1ccc(C(OC[C@H]2O[C@@H](n3cnc4c(N(C)C(=O)c5ccccc5)ncnc43)[C@H](OC)[C@@H]2OP(OCCC#N)N(C(C)C)C(C)C)(c2ccccc2)c2ccc(OC)cc2)cc1. The van der Waals surface area contributed by atoms with Crippen LogP contribution in [-0.4, -0.2) is 102 Å². The minimum atomic E-state index is -1.78. The lowest BCUT2D eigenvalue weighted by molar-refractivity contribution is -0.0938. The van der Waals surface area contributed by atoms with Gasteiger partial charge in [-0.05, 0) is 80.8 Å². The van der Waals surface area contributed by atoms with Crippen LogP contribution in [0.25, 0.3) is 11.2 Å². The Labute approximate surface area is 381 Å². The van der Waals surface area contributed by atoms with Gasteiger partial charge in [0.1, 0.15) is 41.7 Å². The summed E-state index contributed by atoms with van der Waals surface area (Å²) in [6.07, 6.45) is 0.0167. The maximum atomic E-state index is 13.6. The van der Waals surface area contributed by atoms with Crippen molar-refractivity contribution in [2.45, 2.75) is 76.3 Å². The van der Waals surface area contributed by atoms with Gasteiger partial charge in [-0.2, -0.15) is 5.26 Å². The number of carbonyl (C=O) groups excluding carboxylic acids is 1. The van der Waals surface area contributed by atoms with Crippen LogP contribution in [0.3, 0.4) is 0 Å². The molecule has 3 heterocycles. The molecule has 2 aromatic heterocycles. The number of rotatable bonds is 20. The summed E-state index contributed by atoms with van der Waals surface area (Å²) in [5.74, 6) is 1.47. The number of hydrogen-bond acceptors (Lipinski definition) is 13. The Balaban J connectivity index is 1.34. The van der Waals surface area contributed by atoms with E-state index in [9.17, 15) is 10.1 Å². The molecule has 0 aliphatic carbocycles. The van der Waals surface area contributed by atoms with Crippen LogP contribution in [-0.2, 0) is 28.9 Å². The third-order valence-corrected chi connectivity index (χ3v) is 13.5. The van der Waals surface area contributed by atoms with E-state index in [1.165, 1.54) is 11.2 Å². The zero-order valence-corrected chi connectivity index (χ0v) is 38.9. The summed E-state index contributed by atoms with van der Waals surface area (Å²) in [4.78, 5) is 29.0. The number of carbonyl (C=O) groups is 1. The Morgan fingerprint density at radius 3 is 1.95 bits per heavy atom. The molecule has 1 unspecified atom stereocenters. The number of fused-ring (bicyclic) bond motifs is 1. The third kappa shape index (κ3) is 9.90. The lowest BCUT2D eigenvalue weighted by Crippen LogP contribution is -2.42. The number of methoxy groups -OCH3 is 3. The summed E-state index contributed by atoms with van der Waals surface area (Å²) in [7, 11) is 4.76. The van der Waals surface area contributed by atoms with E-state index in [4.69, 9.17) is 37.7 Å². The number of aromatic nitrogens is 4. The van der Waals surface area contributed by atoms with Crippen molar-refractivity contribution in [2.24, 2.45) is 0 Å². The number of nitriles is 1. The summed E-state index contributed by atoms with van der Waals surface area (Å²) < 4.78 is 49.6. The Kier molecular flexibility index (Phi) is 15.6. The van der Waals surface area contributed by atoms with Crippen LogP contribution < -0.4 is 14.4 Å². The van der Waals surface area contributed by atoms with Gasteiger partial charge in [-0.3, -0.25) is 14.3 Å². The molecule has 5 atom stereocenters. The van der Waals surface area contributed by atoms with E-state index in [-0.39, 0.29) is 37.6 Å². The predicted octanol–water partition coefficient (Wildman–Crippen LogP) is 8.70. The summed E-state index contributed by atoms with van der Waals surface area (Å²) in [6.45, 7) is 8.51. The van der Waals surface area contributed by atoms with E-state index < -0.39 is 38.7 Å². The second-order valence-corrected chi connectivity index (χ2v) is 17.4. The Morgan fingerprint density at radius 1 is 0.815 bits per heavy atom. The van der Waals surface area contributed by atoms with E-state index in [1.807, 2.05) is 97.1 Å². The highest BCUT2D eigenvalue weighted by molar-refractivity contribution is 7.44. The minimum absolute atomic E-state index is 0.000115. The van der Waals surface area contributed by atoms with Crippen molar-refractivity contribution in [1.82, 2.24) is 24.2 Å². The number of hydrogen-bond donors (Lipinski definition) is 0. The van der Waals surface area contributed by atoms with Crippen LogP contribution in [0.2, 0.25) is 0 Å². The number of anilines is 1. The average molecular weight is 902 g/mol. The van der Waals surface area contributed by atoms with Gasteiger partial charge in [0.2, 0.25) is 0 Å². The number of ether oxygens (including phenoxy) is 5. The molecule has 0 N–H and O–H groups in total. The first-order chi connectivity index (χ1) is 31.6. The summed E-state index contributed by atoms with van der Waals surface area (Å²) in [5, 5.41) is 9.51. The maximum absolute atomic E-state index is 13.6. The largest absolute Gasteiger partial charge is 0.497 e. The van der Waals surface area contributed by atoms with E-state index >= 15 is 0 Å². The molecule has 16 heteroatoms. The van der Waals surface area contributed by atoms with Gasteiger partial charge in [0.05, 0.1) is 46.3 Å². The first-order valence-corrected chi connectivity index (χ1v) is 22.6. The molecular weight excluding hydrogens is 846 g/mol. The highest BCUT2D eigenvalue weighted by Gasteiger charge is 2.51. The van der Waals surface area contributed by atoms with E-state index in [1.54, 1.807) is 51.4 Å². The van der Waals surface area contributed by atoms with Crippen LogP contribution in [0, 0.1) is 11.3 Å². The molecule has 1 saturated heterocycles. The summed E-state index contributed by atoms with van der Waals surface area (Å²) >= 11 is 0. The molecule has 6 aromatic rings. The average Bonchev–Trinajstić information content (AvgIpc) is 3.92. The zero-order chi connectivity index (χ0) is 46.1. The molecule has 65 heavy (non-hydrogen) atoms. The second-order valence-electron chi connectivity index (χ2n) is 15.9. The van der Waals surface area contributed by atoms with Crippen LogP contribution in [0.4, 0.5) is 5.82 Å². The molecule has 0 radical (unpaired) electrons. The third-order valence-electron chi connectivity index (χ3n) is 11.3. The van der Waals surface area contributed by atoms with Gasteiger partial charge < -0.3 is 32.7 Å². The number of benzene rings is 4. The molecule has 15 nitrogen and oxygen atoms in total. The molecule has 1 fully saturated rings. The van der Waals surface area contributed by atoms with Crippen LogP contribution in [0.15, 0.2) is 122 Å². The van der Waals surface area contributed by atoms with Crippen molar-refractivity contribution in [3.05, 3.63) is 144 Å². The van der Waals surface area contributed by atoms with Crippen molar-refractivity contribution >= 4 is 31.4 Å². The number of nitrogens with zero attached hydrogens (tertiary/aromatic N) is 7. The van der Waals surface area contributed by atoms with Crippen molar-refractivity contribution in [3.63, 3.8) is 0 Å². The fourth-order valence-corrected chi connectivity index (χ4v) is 10.0. The van der Waals surface area contributed by atoms with Crippen molar-refractivity contribution in [1.29, 1.82) is 5.26 Å². The van der Waals surface area contributed by atoms with Gasteiger partial charge in [0.15, 0.2) is 23.2 Å². The highest BCUT2D eigenvalue weighted by Crippen LogP contribution is 2.51. The van der Waals surface area contributed by atoms with Gasteiger partial charge in [-0.1, -0.05) is 72.8 Å². The molecule has 0 bridgehead atoms. The van der Waals surface area contributed by atoms with Gasteiger partial charge in [-0.25, -0.2) is 19.6 Å². The van der Waals surface area contributed by atoms with Crippen molar-refractivity contribution in [3.8, 4) is 17.6 Å². The van der Waals surface area contributed by atoms with Crippen LogP contribution >= 0.6 is 8.53 Å². The summed E-state index contributed by atoms with van der Waals surface area (Å²) in [6, 6.07) is 36.9. The normalized spacial score (nSPS) is 18.0. The highest BCUT2D eigenvalue weighted by atomic mass is 31.2.